The zero-order valence-corrected chi connectivity index (χ0v) is 8.61. The fraction of sp³-hybridized carbons (Fsp3) is 0.400. The summed E-state index contributed by atoms with van der Waals surface area (Å²) in [5.74, 6) is 0.148. The second-order valence-electron chi connectivity index (χ2n) is 2.93. The molecule has 0 unspecified atom stereocenters. The Kier molecular flexibility index (Phi) is 3.55. The normalized spacial score (nSPS) is 10.2. The molecule has 1 aromatic rings. The maximum atomic E-state index is 13.4. The SMILES string of the molecule is CCN(C)c1ccc(CCl)cc1F. The van der Waals surface area contributed by atoms with Crippen molar-refractivity contribution < 1.29 is 4.39 Å². The van der Waals surface area contributed by atoms with Gasteiger partial charge in [-0.25, -0.2) is 4.39 Å². The summed E-state index contributed by atoms with van der Waals surface area (Å²) in [6.45, 7) is 2.77. The van der Waals surface area contributed by atoms with Crippen LogP contribution < -0.4 is 4.90 Å². The van der Waals surface area contributed by atoms with Crippen LogP contribution in [-0.2, 0) is 5.88 Å². The molecule has 3 heteroatoms. The van der Waals surface area contributed by atoms with Gasteiger partial charge in [0.15, 0.2) is 0 Å². The van der Waals surface area contributed by atoms with Gasteiger partial charge in [-0.3, -0.25) is 0 Å². The van der Waals surface area contributed by atoms with Crippen molar-refractivity contribution in [3.05, 3.63) is 29.6 Å². The molecule has 0 heterocycles. The van der Waals surface area contributed by atoms with Crippen molar-refractivity contribution in [2.24, 2.45) is 0 Å². The minimum Gasteiger partial charge on any atom is -0.373 e. The number of halogens is 2. The Morgan fingerprint density at radius 1 is 1.46 bits per heavy atom. The van der Waals surface area contributed by atoms with E-state index in [9.17, 15) is 4.39 Å². The third kappa shape index (κ3) is 2.34. The second kappa shape index (κ2) is 4.47. The van der Waals surface area contributed by atoms with Crippen LogP contribution >= 0.6 is 11.6 Å². The van der Waals surface area contributed by atoms with E-state index < -0.39 is 0 Å². The highest BCUT2D eigenvalue weighted by Crippen LogP contribution is 2.19. The lowest BCUT2D eigenvalue weighted by atomic mass is 10.2. The zero-order chi connectivity index (χ0) is 9.84. The van der Waals surface area contributed by atoms with Crippen molar-refractivity contribution in [1.82, 2.24) is 0 Å². The second-order valence-corrected chi connectivity index (χ2v) is 3.20. The highest BCUT2D eigenvalue weighted by Gasteiger charge is 2.05. The van der Waals surface area contributed by atoms with E-state index in [1.54, 1.807) is 6.07 Å². The molecule has 0 bridgehead atoms. The Bertz CT molecular complexity index is 288. The quantitative estimate of drug-likeness (QED) is 0.680. The predicted molar refractivity (Wildman–Crippen MR) is 54.9 cm³/mol. The van der Waals surface area contributed by atoms with E-state index >= 15 is 0 Å². The summed E-state index contributed by atoms with van der Waals surface area (Å²) in [6.07, 6.45) is 0. The van der Waals surface area contributed by atoms with Crippen molar-refractivity contribution >= 4 is 17.3 Å². The number of hydrogen-bond acceptors (Lipinski definition) is 1. The molecule has 0 N–H and O–H groups in total. The van der Waals surface area contributed by atoms with Crippen LogP contribution in [-0.4, -0.2) is 13.6 Å². The van der Waals surface area contributed by atoms with Crippen LogP contribution in [0.3, 0.4) is 0 Å². The highest BCUT2D eigenvalue weighted by atomic mass is 35.5. The van der Waals surface area contributed by atoms with Crippen LogP contribution in [0.15, 0.2) is 18.2 Å². The molecule has 1 aromatic carbocycles. The first-order valence-corrected chi connectivity index (χ1v) is 4.78. The molecule has 1 rings (SSSR count). The van der Waals surface area contributed by atoms with Gasteiger partial charge in [0.2, 0.25) is 0 Å². The summed E-state index contributed by atoms with van der Waals surface area (Å²) >= 11 is 5.58. The summed E-state index contributed by atoms with van der Waals surface area (Å²) in [6, 6.07) is 5.09. The van der Waals surface area contributed by atoms with Crippen molar-refractivity contribution in [3.8, 4) is 0 Å². The summed E-state index contributed by atoms with van der Waals surface area (Å²) in [5, 5.41) is 0. The van der Waals surface area contributed by atoms with Crippen LogP contribution in [0.25, 0.3) is 0 Å². The molecule has 0 amide bonds. The molecule has 72 valence electrons. The summed E-state index contributed by atoms with van der Waals surface area (Å²) in [4.78, 5) is 1.85. The Labute approximate surface area is 83.1 Å². The molecule has 13 heavy (non-hydrogen) atoms. The number of anilines is 1. The van der Waals surface area contributed by atoms with Crippen LogP contribution in [0.5, 0.6) is 0 Å². The Hall–Kier alpha value is -0.760. The average Bonchev–Trinajstić information content (AvgIpc) is 2.16. The van der Waals surface area contributed by atoms with Crippen LogP contribution in [0.1, 0.15) is 12.5 Å². The van der Waals surface area contributed by atoms with Crippen molar-refractivity contribution in [2.75, 3.05) is 18.5 Å². The largest absolute Gasteiger partial charge is 0.373 e. The van der Waals surface area contributed by atoms with Gasteiger partial charge in [-0.1, -0.05) is 6.07 Å². The summed E-state index contributed by atoms with van der Waals surface area (Å²) in [5.41, 5.74) is 1.43. The molecule has 0 saturated heterocycles. The van der Waals surface area contributed by atoms with Gasteiger partial charge < -0.3 is 4.90 Å². The minimum atomic E-state index is -0.206. The van der Waals surface area contributed by atoms with Gasteiger partial charge in [0.05, 0.1) is 5.69 Å². The van der Waals surface area contributed by atoms with Gasteiger partial charge >= 0.3 is 0 Å². The Balaban J connectivity index is 2.98. The number of alkyl halides is 1. The fourth-order valence-electron chi connectivity index (χ4n) is 1.11. The lowest BCUT2D eigenvalue weighted by molar-refractivity contribution is 0.622. The van der Waals surface area contributed by atoms with Crippen LogP contribution in [0.2, 0.25) is 0 Å². The lowest BCUT2D eigenvalue weighted by Gasteiger charge is -2.17. The van der Waals surface area contributed by atoms with Crippen molar-refractivity contribution in [3.63, 3.8) is 0 Å². The van der Waals surface area contributed by atoms with Crippen molar-refractivity contribution in [2.45, 2.75) is 12.8 Å². The summed E-state index contributed by atoms with van der Waals surface area (Å²) in [7, 11) is 1.86. The zero-order valence-electron chi connectivity index (χ0n) is 7.85. The smallest absolute Gasteiger partial charge is 0.146 e. The maximum absolute atomic E-state index is 13.4. The Morgan fingerprint density at radius 3 is 2.62 bits per heavy atom. The Morgan fingerprint density at radius 2 is 2.15 bits per heavy atom. The number of rotatable bonds is 3. The highest BCUT2D eigenvalue weighted by molar-refractivity contribution is 6.17. The van der Waals surface area contributed by atoms with Crippen LogP contribution in [0, 0.1) is 5.82 Å². The molecule has 0 aliphatic heterocycles. The average molecular weight is 202 g/mol. The van der Waals surface area contributed by atoms with Gasteiger partial charge in [-0.05, 0) is 24.6 Å². The maximum Gasteiger partial charge on any atom is 0.146 e. The van der Waals surface area contributed by atoms with E-state index in [1.807, 2.05) is 24.9 Å². The first kappa shape index (κ1) is 10.3. The van der Waals surface area contributed by atoms with Gasteiger partial charge in [-0.15, -0.1) is 11.6 Å². The van der Waals surface area contributed by atoms with Crippen molar-refractivity contribution in [1.29, 1.82) is 0 Å². The number of benzene rings is 1. The molecular weight excluding hydrogens is 189 g/mol. The van der Waals surface area contributed by atoms with Gasteiger partial charge in [0, 0.05) is 19.5 Å². The first-order chi connectivity index (χ1) is 6.19. The van der Waals surface area contributed by atoms with E-state index in [2.05, 4.69) is 0 Å². The third-order valence-electron chi connectivity index (χ3n) is 2.05. The molecule has 0 fully saturated rings. The molecule has 0 aliphatic rings. The molecule has 0 aliphatic carbocycles. The topological polar surface area (TPSA) is 3.24 Å². The van der Waals surface area contributed by atoms with Crippen LogP contribution in [0.4, 0.5) is 10.1 Å². The van der Waals surface area contributed by atoms with E-state index in [1.165, 1.54) is 6.07 Å². The van der Waals surface area contributed by atoms with E-state index in [4.69, 9.17) is 11.6 Å². The molecular formula is C10H13ClFN. The molecule has 1 nitrogen and oxygen atoms in total. The molecule has 0 aromatic heterocycles. The molecule has 0 spiro atoms. The van der Waals surface area contributed by atoms with E-state index in [0.29, 0.717) is 11.6 Å². The van der Waals surface area contributed by atoms with E-state index in [0.717, 1.165) is 12.1 Å². The first-order valence-electron chi connectivity index (χ1n) is 4.24. The molecule has 0 atom stereocenters. The fourth-order valence-corrected chi connectivity index (χ4v) is 1.28. The monoisotopic (exact) mass is 201 g/mol. The standard InChI is InChI=1S/C10H13ClFN/c1-3-13(2)10-5-4-8(7-11)6-9(10)12/h4-6H,3,7H2,1-2H3. The van der Waals surface area contributed by atoms with E-state index in [-0.39, 0.29) is 5.82 Å². The predicted octanol–water partition coefficient (Wildman–Crippen LogP) is 3.02. The molecule has 0 saturated carbocycles. The van der Waals surface area contributed by atoms with Gasteiger partial charge in [0.25, 0.3) is 0 Å². The molecule has 0 radical (unpaired) electrons. The van der Waals surface area contributed by atoms with Gasteiger partial charge in [-0.2, -0.15) is 0 Å². The minimum absolute atomic E-state index is 0.206. The summed E-state index contributed by atoms with van der Waals surface area (Å²) < 4.78 is 13.4. The lowest BCUT2D eigenvalue weighted by Crippen LogP contribution is -2.17. The third-order valence-corrected chi connectivity index (χ3v) is 2.36. The number of hydrogen-bond donors (Lipinski definition) is 0. The van der Waals surface area contributed by atoms with Gasteiger partial charge in [0.1, 0.15) is 5.82 Å². The number of nitrogens with zero attached hydrogens (tertiary/aromatic N) is 1.